The number of nitrogens with one attached hydrogen (secondary N) is 1. The van der Waals surface area contributed by atoms with E-state index in [1.807, 2.05) is 47.9 Å². The third kappa shape index (κ3) is 1.82. The molecule has 1 aromatic carbocycles. The normalized spacial score (nSPS) is 11.5. The van der Waals surface area contributed by atoms with E-state index in [2.05, 4.69) is 15.2 Å². The molecule has 0 aliphatic rings. The Morgan fingerprint density at radius 1 is 1.14 bits per heavy atom. The van der Waals surface area contributed by atoms with E-state index in [0.717, 1.165) is 39.0 Å². The van der Waals surface area contributed by atoms with Crippen LogP contribution in [0.25, 0.3) is 27.6 Å². The minimum Gasteiger partial charge on any atom is -0.390 e. The number of aromatic nitrogens is 4. The van der Waals surface area contributed by atoms with E-state index >= 15 is 0 Å². The zero-order valence-electron chi connectivity index (χ0n) is 11.5. The number of fused-ring (bicyclic) bond motifs is 2. The van der Waals surface area contributed by atoms with Crippen LogP contribution < -0.4 is 0 Å². The Balaban J connectivity index is 2.05. The van der Waals surface area contributed by atoms with Crippen LogP contribution in [0.4, 0.5) is 0 Å². The number of aromatic amines is 1. The first kappa shape index (κ1) is 12.1. The molecule has 5 heteroatoms. The van der Waals surface area contributed by atoms with Gasteiger partial charge in [0.2, 0.25) is 0 Å². The molecule has 2 N–H and O–H groups in total. The lowest BCUT2D eigenvalue weighted by molar-refractivity contribution is 0.275. The highest BCUT2D eigenvalue weighted by atomic mass is 16.3. The molecule has 21 heavy (non-hydrogen) atoms. The van der Waals surface area contributed by atoms with Gasteiger partial charge < -0.3 is 5.11 Å². The predicted molar refractivity (Wildman–Crippen MR) is 81.4 cm³/mol. The van der Waals surface area contributed by atoms with Crippen molar-refractivity contribution in [3.63, 3.8) is 0 Å². The Hall–Kier alpha value is -2.66. The van der Waals surface area contributed by atoms with E-state index in [9.17, 15) is 5.11 Å². The van der Waals surface area contributed by atoms with Gasteiger partial charge in [0.25, 0.3) is 0 Å². The van der Waals surface area contributed by atoms with Crippen molar-refractivity contribution in [1.29, 1.82) is 0 Å². The van der Waals surface area contributed by atoms with Crippen molar-refractivity contribution in [2.75, 3.05) is 0 Å². The Kier molecular flexibility index (Phi) is 2.55. The Bertz CT molecular complexity index is 951. The van der Waals surface area contributed by atoms with Crippen molar-refractivity contribution in [1.82, 2.24) is 19.7 Å². The maximum absolute atomic E-state index is 9.66. The summed E-state index contributed by atoms with van der Waals surface area (Å²) in [5.41, 5.74) is 4.61. The third-order valence-corrected chi connectivity index (χ3v) is 3.71. The first-order valence-corrected chi connectivity index (χ1v) is 6.78. The van der Waals surface area contributed by atoms with Crippen molar-refractivity contribution in [2.45, 2.75) is 13.5 Å². The van der Waals surface area contributed by atoms with Crippen LogP contribution in [0.5, 0.6) is 0 Å². The van der Waals surface area contributed by atoms with Gasteiger partial charge in [0, 0.05) is 22.2 Å². The van der Waals surface area contributed by atoms with E-state index in [4.69, 9.17) is 0 Å². The summed E-state index contributed by atoms with van der Waals surface area (Å²) in [5.74, 6) is 0. The van der Waals surface area contributed by atoms with Gasteiger partial charge in [0.15, 0.2) is 0 Å². The van der Waals surface area contributed by atoms with E-state index in [-0.39, 0.29) is 6.61 Å². The van der Waals surface area contributed by atoms with Crippen LogP contribution in [0.1, 0.15) is 11.4 Å². The highest BCUT2D eigenvalue weighted by Gasteiger charge is 2.12. The second-order valence-electron chi connectivity index (χ2n) is 5.14. The minimum absolute atomic E-state index is 0.0289. The fourth-order valence-corrected chi connectivity index (χ4v) is 2.70. The molecule has 0 bridgehead atoms. The SMILES string of the molecule is Cc1ccc2cc(CO)n(-c3ccc4[nH]ncc4c3)c2n1. The maximum atomic E-state index is 9.66. The van der Waals surface area contributed by atoms with Gasteiger partial charge in [-0.15, -0.1) is 0 Å². The van der Waals surface area contributed by atoms with Gasteiger partial charge in [0.1, 0.15) is 5.65 Å². The molecule has 0 fully saturated rings. The first-order valence-electron chi connectivity index (χ1n) is 6.78. The Labute approximate surface area is 120 Å². The summed E-state index contributed by atoms with van der Waals surface area (Å²) in [5, 5.41) is 18.7. The van der Waals surface area contributed by atoms with Crippen LogP contribution in [0.15, 0.2) is 42.6 Å². The van der Waals surface area contributed by atoms with Gasteiger partial charge in [-0.2, -0.15) is 5.10 Å². The average Bonchev–Trinajstić information content (AvgIpc) is 3.09. The van der Waals surface area contributed by atoms with Crippen LogP contribution in [0, 0.1) is 6.92 Å². The summed E-state index contributed by atoms with van der Waals surface area (Å²) in [4.78, 5) is 4.62. The van der Waals surface area contributed by atoms with E-state index < -0.39 is 0 Å². The molecule has 3 aromatic heterocycles. The van der Waals surface area contributed by atoms with Crippen molar-refractivity contribution >= 4 is 21.9 Å². The molecule has 4 aromatic rings. The molecule has 5 nitrogen and oxygen atoms in total. The Morgan fingerprint density at radius 2 is 2.05 bits per heavy atom. The number of rotatable bonds is 2. The monoisotopic (exact) mass is 278 g/mol. The summed E-state index contributed by atoms with van der Waals surface area (Å²) >= 11 is 0. The lowest BCUT2D eigenvalue weighted by Gasteiger charge is -2.09. The van der Waals surface area contributed by atoms with Crippen LogP contribution in [0.3, 0.4) is 0 Å². The summed E-state index contributed by atoms with van der Waals surface area (Å²) in [6.45, 7) is 1.94. The van der Waals surface area contributed by atoms with Gasteiger partial charge in [-0.05, 0) is 43.3 Å². The Morgan fingerprint density at radius 3 is 2.90 bits per heavy atom. The first-order chi connectivity index (χ1) is 10.3. The third-order valence-electron chi connectivity index (χ3n) is 3.71. The van der Waals surface area contributed by atoms with Crippen LogP contribution >= 0.6 is 0 Å². The van der Waals surface area contributed by atoms with Gasteiger partial charge in [-0.25, -0.2) is 4.98 Å². The molecule has 0 amide bonds. The van der Waals surface area contributed by atoms with Crippen LogP contribution in [-0.4, -0.2) is 24.9 Å². The van der Waals surface area contributed by atoms with Gasteiger partial charge in [0.05, 0.1) is 24.0 Å². The lowest BCUT2D eigenvalue weighted by Crippen LogP contribution is -2.01. The largest absolute Gasteiger partial charge is 0.390 e. The summed E-state index contributed by atoms with van der Waals surface area (Å²) in [6.07, 6.45) is 1.79. The summed E-state index contributed by atoms with van der Waals surface area (Å²) in [7, 11) is 0. The smallest absolute Gasteiger partial charge is 0.145 e. The second kappa shape index (κ2) is 4.43. The fourth-order valence-electron chi connectivity index (χ4n) is 2.70. The number of hydrogen-bond acceptors (Lipinski definition) is 3. The minimum atomic E-state index is -0.0289. The van der Waals surface area contributed by atoms with Crippen LogP contribution in [-0.2, 0) is 6.61 Å². The van der Waals surface area contributed by atoms with Gasteiger partial charge in [-0.1, -0.05) is 0 Å². The highest BCUT2D eigenvalue weighted by Crippen LogP contribution is 2.25. The second-order valence-corrected chi connectivity index (χ2v) is 5.14. The quantitative estimate of drug-likeness (QED) is 0.592. The van der Waals surface area contributed by atoms with E-state index in [1.54, 1.807) is 6.20 Å². The number of pyridine rings is 1. The zero-order valence-corrected chi connectivity index (χ0v) is 11.5. The van der Waals surface area contributed by atoms with Crippen molar-refractivity contribution in [3.05, 3.63) is 54.0 Å². The molecule has 4 rings (SSSR count). The predicted octanol–water partition coefficient (Wildman–Crippen LogP) is 2.70. The van der Waals surface area contributed by atoms with Crippen molar-refractivity contribution < 1.29 is 5.11 Å². The molecule has 0 unspecified atom stereocenters. The average molecular weight is 278 g/mol. The van der Waals surface area contributed by atoms with Crippen molar-refractivity contribution in [3.8, 4) is 5.69 Å². The number of aryl methyl sites for hydroxylation is 1. The van der Waals surface area contributed by atoms with E-state index in [0.29, 0.717) is 0 Å². The highest BCUT2D eigenvalue weighted by molar-refractivity contribution is 5.84. The molecular formula is C16H14N4O. The van der Waals surface area contributed by atoms with Crippen LogP contribution in [0.2, 0.25) is 0 Å². The maximum Gasteiger partial charge on any atom is 0.145 e. The van der Waals surface area contributed by atoms with E-state index in [1.165, 1.54) is 0 Å². The summed E-state index contributed by atoms with van der Waals surface area (Å²) < 4.78 is 1.99. The number of benzene rings is 1. The van der Waals surface area contributed by atoms with Crippen molar-refractivity contribution in [2.24, 2.45) is 0 Å². The molecule has 0 radical (unpaired) electrons. The number of hydrogen-bond donors (Lipinski definition) is 2. The van der Waals surface area contributed by atoms with Gasteiger partial charge in [-0.3, -0.25) is 9.67 Å². The number of H-pyrrole nitrogens is 1. The number of aliphatic hydroxyl groups excluding tert-OH is 1. The fraction of sp³-hybridized carbons (Fsp3) is 0.125. The lowest BCUT2D eigenvalue weighted by atomic mass is 10.2. The van der Waals surface area contributed by atoms with Gasteiger partial charge >= 0.3 is 0 Å². The summed E-state index contributed by atoms with van der Waals surface area (Å²) in [6, 6.07) is 12.0. The topological polar surface area (TPSA) is 66.7 Å². The molecule has 0 spiro atoms. The molecular weight excluding hydrogens is 264 g/mol. The molecule has 0 aliphatic carbocycles. The molecule has 0 saturated carbocycles. The zero-order chi connectivity index (χ0) is 14.4. The molecule has 0 saturated heterocycles. The number of nitrogens with zero attached hydrogens (tertiary/aromatic N) is 3. The molecule has 0 atom stereocenters. The molecule has 0 aliphatic heterocycles. The molecule has 104 valence electrons. The number of aliphatic hydroxyl groups is 1. The standard InChI is InChI=1S/C16H14N4O/c1-10-2-3-11-6-14(9-21)20(16(11)18-10)13-4-5-15-12(7-13)8-17-19-15/h2-8,21H,9H2,1H3,(H,17,19). The molecule has 3 heterocycles.